The lowest BCUT2D eigenvalue weighted by molar-refractivity contribution is -0.117. The number of nitrogens with one attached hydrogen (secondary N) is 1. The number of furan rings is 1. The molecule has 164 valence electrons. The second-order valence-corrected chi connectivity index (χ2v) is 9.70. The Morgan fingerprint density at radius 2 is 1.90 bits per heavy atom. The van der Waals surface area contributed by atoms with Crippen molar-refractivity contribution in [2.75, 3.05) is 38.7 Å². The molecule has 2 fully saturated rings. The van der Waals surface area contributed by atoms with Crippen molar-refractivity contribution in [3.05, 3.63) is 36.4 Å². The molecule has 1 aromatic heterocycles. The van der Waals surface area contributed by atoms with Crippen LogP contribution in [0, 0.1) is 5.41 Å². The number of fused-ring (bicyclic) bond motifs is 3. The molecule has 5 rings (SSSR count). The summed E-state index contributed by atoms with van der Waals surface area (Å²) in [4.78, 5) is 15.0. The highest BCUT2D eigenvalue weighted by Gasteiger charge is 2.45. The SMILES string of the molecule is COc1cc2c(cc1NC(=O)CN1CCC3(CC1)COC(C)(C)C3)oc1ccccc12. The van der Waals surface area contributed by atoms with Gasteiger partial charge in [0.2, 0.25) is 5.91 Å². The van der Waals surface area contributed by atoms with Crippen molar-refractivity contribution in [2.45, 2.75) is 38.7 Å². The summed E-state index contributed by atoms with van der Waals surface area (Å²) >= 11 is 0. The van der Waals surface area contributed by atoms with E-state index in [1.165, 1.54) is 0 Å². The standard InChI is InChI=1S/C25H30N2O4/c1-24(2)15-25(16-30-24)8-10-27(11-9-25)14-23(28)26-19-13-21-18(12-22(19)29-3)17-6-4-5-7-20(17)31-21/h4-7,12-13H,8-11,14-16H2,1-3H3,(H,26,28). The van der Waals surface area contributed by atoms with Gasteiger partial charge in [0.1, 0.15) is 16.9 Å². The Labute approximate surface area is 182 Å². The summed E-state index contributed by atoms with van der Waals surface area (Å²) in [6.07, 6.45) is 3.27. The molecule has 2 aromatic carbocycles. The number of para-hydroxylation sites is 1. The van der Waals surface area contributed by atoms with Gasteiger partial charge in [-0.05, 0) is 63.7 Å². The first-order valence-corrected chi connectivity index (χ1v) is 11.0. The average molecular weight is 423 g/mol. The van der Waals surface area contributed by atoms with Gasteiger partial charge in [-0.1, -0.05) is 18.2 Å². The largest absolute Gasteiger partial charge is 0.495 e. The number of amides is 1. The fourth-order valence-corrected chi connectivity index (χ4v) is 5.27. The number of hydrogen-bond donors (Lipinski definition) is 1. The fourth-order valence-electron chi connectivity index (χ4n) is 5.27. The second-order valence-electron chi connectivity index (χ2n) is 9.70. The maximum atomic E-state index is 12.8. The van der Waals surface area contributed by atoms with E-state index in [4.69, 9.17) is 13.9 Å². The topological polar surface area (TPSA) is 63.9 Å². The number of methoxy groups -OCH3 is 1. The Balaban J connectivity index is 1.27. The van der Waals surface area contributed by atoms with E-state index in [0.29, 0.717) is 18.0 Å². The molecule has 1 amide bonds. The third-order valence-electron chi connectivity index (χ3n) is 6.83. The van der Waals surface area contributed by atoms with E-state index >= 15 is 0 Å². The summed E-state index contributed by atoms with van der Waals surface area (Å²) in [5, 5.41) is 5.05. The molecular weight excluding hydrogens is 392 g/mol. The summed E-state index contributed by atoms with van der Waals surface area (Å²) in [6.45, 7) is 7.41. The minimum absolute atomic E-state index is 0.0224. The lowest BCUT2D eigenvalue weighted by atomic mass is 9.74. The first kappa shape index (κ1) is 20.3. The van der Waals surface area contributed by atoms with Gasteiger partial charge in [0, 0.05) is 16.8 Å². The molecule has 1 spiro atoms. The Morgan fingerprint density at radius 1 is 1.13 bits per heavy atom. The molecule has 2 saturated heterocycles. The number of ether oxygens (including phenoxy) is 2. The van der Waals surface area contributed by atoms with Gasteiger partial charge >= 0.3 is 0 Å². The van der Waals surface area contributed by atoms with Gasteiger partial charge < -0.3 is 19.2 Å². The number of piperidine rings is 1. The summed E-state index contributed by atoms with van der Waals surface area (Å²) in [6, 6.07) is 11.7. The number of anilines is 1. The number of benzene rings is 2. The van der Waals surface area contributed by atoms with Crippen LogP contribution in [0.2, 0.25) is 0 Å². The molecule has 6 nitrogen and oxygen atoms in total. The summed E-state index contributed by atoms with van der Waals surface area (Å²) < 4.78 is 17.5. The molecular formula is C25H30N2O4. The zero-order chi connectivity index (χ0) is 21.6. The lowest BCUT2D eigenvalue weighted by Crippen LogP contribution is -2.44. The summed E-state index contributed by atoms with van der Waals surface area (Å²) in [7, 11) is 1.62. The number of nitrogens with zero attached hydrogens (tertiary/aromatic N) is 1. The molecule has 3 heterocycles. The van der Waals surface area contributed by atoms with Crippen LogP contribution >= 0.6 is 0 Å². The zero-order valence-corrected chi connectivity index (χ0v) is 18.5. The fraction of sp³-hybridized carbons (Fsp3) is 0.480. The molecule has 1 N–H and O–H groups in total. The summed E-state index contributed by atoms with van der Waals surface area (Å²) in [5.74, 6) is 0.600. The van der Waals surface area contributed by atoms with Gasteiger partial charge in [-0.15, -0.1) is 0 Å². The van der Waals surface area contributed by atoms with Gasteiger partial charge in [0.05, 0.1) is 31.5 Å². The van der Waals surface area contributed by atoms with Crippen LogP contribution in [0.3, 0.4) is 0 Å². The van der Waals surface area contributed by atoms with E-state index in [2.05, 4.69) is 24.1 Å². The molecule has 0 atom stereocenters. The predicted molar refractivity (Wildman–Crippen MR) is 122 cm³/mol. The van der Waals surface area contributed by atoms with Crippen molar-refractivity contribution >= 4 is 33.5 Å². The molecule has 6 heteroatoms. The Kier molecular flexibility index (Phi) is 4.94. The predicted octanol–water partition coefficient (Wildman–Crippen LogP) is 4.81. The number of carbonyl (C=O) groups excluding carboxylic acids is 1. The van der Waals surface area contributed by atoms with Crippen molar-refractivity contribution in [3.63, 3.8) is 0 Å². The van der Waals surface area contributed by atoms with Crippen LogP contribution in [0.25, 0.3) is 21.9 Å². The van der Waals surface area contributed by atoms with Crippen molar-refractivity contribution < 1.29 is 18.7 Å². The Hall–Kier alpha value is -2.57. The maximum Gasteiger partial charge on any atom is 0.238 e. The minimum Gasteiger partial charge on any atom is -0.495 e. The van der Waals surface area contributed by atoms with E-state index in [1.807, 2.05) is 36.4 Å². The van der Waals surface area contributed by atoms with Crippen LogP contribution in [-0.4, -0.2) is 49.8 Å². The zero-order valence-electron chi connectivity index (χ0n) is 18.5. The highest BCUT2D eigenvalue weighted by atomic mass is 16.5. The van der Waals surface area contributed by atoms with Crippen LogP contribution in [-0.2, 0) is 9.53 Å². The van der Waals surface area contributed by atoms with Crippen LogP contribution < -0.4 is 10.1 Å². The van der Waals surface area contributed by atoms with Gasteiger partial charge in [-0.2, -0.15) is 0 Å². The van der Waals surface area contributed by atoms with E-state index in [9.17, 15) is 4.79 Å². The quantitative estimate of drug-likeness (QED) is 0.653. The first-order chi connectivity index (χ1) is 14.9. The van der Waals surface area contributed by atoms with E-state index in [0.717, 1.165) is 60.9 Å². The smallest absolute Gasteiger partial charge is 0.238 e. The molecule has 2 aliphatic rings. The normalized spacial score (nSPS) is 20.5. The van der Waals surface area contributed by atoms with E-state index in [1.54, 1.807) is 7.11 Å². The Morgan fingerprint density at radius 3 is 2.61 bits per heavy atom. The Bertz CT molecular complexity index is 1130. The average Bonchev–Trinajstić information content (AvgIpc) is 3.25. The van der Waals surface area contributed by atoms with Crippen LogP contribution in [0.15, 0.2) is 40.8 Å². The summed E-state index contributed by atoms with van der Waals surface area (Å²) in [5.41, 5.74) is 2.46. The molecule has 0 bridgehead atoms. The third-order valence-corrected chi connectivity index (χ3v) is 6.83. The van der Waals surface area contributed by atoms with Crippen LogP contribution in [0.5, 0.6) is 5.75 Å². The van der Waals surface area contributed by atoms with Gasteiger partial charge in [-0.25, -0.2) is 0 Å². The molecule has 0 radical (unpaired) electrons. The van der Waals surface area contributed by atoms with Crippen molar-refractivity contribution in [1.82, 2.24) is 4.90 Å². The number of likely N-dealkylation sites (tertiary alicyclic amines) is 1. The molecule has 0 unspecified atom stereocenters. The molecule has 0 saturated carbocycles. The van der Waals surface area contributed by atoms with E-state index in [-0.39, 0.29) is 16.9 Å². The maximum absolute atomic E-state index is 12.8. The molecule has 31 heavy (non-hydrogen) atoms. The third kappa shape index (κ3) is 3.90. The van der Waals surface area contributed by atoms with Crippen molar-refractivity contribution in [2.24, 2.45) is 5.41 Å². The van der Waals surface area contributed by atoms with Crippen molar-refractivity contribution in [3.8, 4) is 5.75 Å². The number of hydrogen-bond acceptors (Lipinski definition) is 5. The van der Waals surface area contributed by atoms with E-state index < -0.39 is 0 Å². The second kappa shape index (κ2) is 7.53. The van der Waals surface area contributed by atoms with Crippen LogP contribution in [0.1, 0.15) is 33.1 Å². The molecule has 0 aliphatic carbocycles. The first-order valence-electron chi connectivity index (χ1n) is 11.0. The minimum atomic E-state index is -0.0345. The van der Waals surface area contributed by atoms with Crippen molar-refractivity contribution in [1.29, 1.82) is 0 Å². The van der Waals surface area contributed by atoms with Gasteiger partial charge in [0.15, 0.2) is 0 Å². The monoisotopic (exact) mass is 422 g/mol. The molecule has 2 aliphatic heterocycles. The number of rotatable bonds is 4. The van der Waals surface area contributed by atoms with Crippen LogP contribution in [0.4, 0.5) is 5.69 Å². The van der Waals surface area contributed by atoms with Gasteiger partial charge in [0.25, 0.3) is 0 Å². The molecule has 3 aromatic rings. The number of carbonyl (C=O) groups is 1. The highest BCUT2D eigenvalue weighted by Crippen LogP contribution is 2.46. The highest BCUT2D eigenvalue weighted by molar-refractivity contribution is 6.07. The lowest BCUT2D eigenvalue weighted by Gasteiger charge is -2.38. The van der Waals surface area contributed by atoms with Gasteiger partial charge in [-0.3, -0.25) is 9.69 Å².